The van der Waals surface area contributed by atoms with Crippen LogP contribution in [0.4, 0.5) is 0 Å². The summed E-state index contributed by atoms with van der Waals surface area (Å²) in [7, 11) is 0. The number of carbonyl (C=O) groups is 1. The van der Waals surface area contributed by atoms with Crippen LogP contribution in [-0.4, -0.2) is 11.9 Å². The number of rotatable bonds is 5. The number of benzene rings is 2. The summed E-state index contributed by atoms with van der Waals surface area (Å²) in [4.78, 5) is 12.0. The summed E-state index contributed by atoms with van der Waals surface area (Å²) in [6, 6.07) is 17.4. The second-order valence-corrected chi connectivity index (χ2v) is 5.35. The van der Waals surface area contributed by atoms with E-state index in [1.807, 2.05) is 25.1 Å². The van der Waals surface area contributed by atoms with Gasteiger partial charge >= 0.3 is 0 Å². The van der Waals surface area contributed by atoms with Crippen LogP contribution >= 0.6 is 11.6 Å². The summed E-state index contributed by atoms with van der Waals surface area (Å²) in [5.74, 6) is -0.0759. The lowest BCUT2D eigenvalue weighted by atomic mass is 10.1. The number of amides is 1. The van der Waals surface area contributed by atoms with Crippen molar-refractivity contribution in [1.82, 2.24) is 5.32 Å². The van der Waals surface area contributed by atoms with Gasteiger partial charge in [0.05, 0.1) is 0 Å². The van der Waals surface area contributed by atoms with Crippen LogP contribution in [-0.2, 0) is 6.42 Å². The number of nitrogens with one attached hydrogen (secondary N) is 1. The molecule has 104 valence electrons. The third kappa shape index (κ3) is 4.39. The van der Waals surface area contributed by atoms with Crippen LogP contribution in [0.2, 0.25) is 5.02 Å². The first-order valence-corrected chi connectivity index (χ1v) is 7.13. The van der Waals surface area contributed by atoms with E-state index in [0.717, 1.165) is 12.8 Å². The molecule has 0 fully saturated rings. The van der Waals surface area contributed by atoms with Crippen LogP contribution in [0.3, 0.4) is 0 Å². The van der Waals surface area contributed by atoms with Crippen LogP contribution < -0.4 is 5.32 Å². The van der Waals surface area contributed by atoms with E-state index in [9.17, 15) is 4.79 Å². The highest BCUT2D eigenvalue weighted by atomic mass is 35.5. The molecule has 0 aliphatic heterocycles. The van der Waals surface area contributed by atoms with Gasteiger partial charge < -0.3 is 5.32 Å². The molecule has 2 nitrogen and oxygen atoms in total. The van der Waals surface area contributed by atoms with Gasteiger partial charge in [0.15, 0.2) is 0 Å². The van der Waals surface area contributed by atoms with Crippen molar-refractivity contribution < 1.29 is 4.79 Å². The summed E-state index contributed by atoms with van der Waals surface area (Å²) >= 11 is 5.89. The van der Waals surface area contributed by atoms with E-state index in [-0.39, 0.29) is 11.9 Å². The lowest BCUT2D eigenvalue weighted by Gasteiger charge is -2.14. The van der Waals surface area contributed by atoms with Gasteiger partial charge in [-0.2, -0.15) is 0 Å². The Kier molecular flexibility index (Phi) is 5.19. The number of carbonyl (C=O) groups excluding carboxylic acids is 1. The van der Waals surface area contributed by atoms with Gasteiger partial charge in [-0.1, -0.05) is 48.0 Å². The Labute approximate surface area is 124 Å². The third-order valence-corrected chi connectivity index (χ3v) is 3.41. The number of hydrogen-bond acceptors (Lipinski definition) is 1. The average molecular weight is 288 g/mol. The van der Waals surface area contributed by atoms with Gasteiger partial charge in [0, 0.05) is 16.6 Å². The van der Waals surface area contributed by atoms with Crippen molar-refractivity contribution in [3.05, 3.63) is 70.7 Å². The molecule has 0 heterocycles. The molecule has 1 atom stereocenters. The molecule has 0 aliphatic rings. The minimum atomic E-state index is -0.0759. The molecule has 0 aromatic heterocycles. The van der Waals surface area contributed by atoms with Gasteiger partial charge in [-0.3, -0.25) is 4.79 Å². The van der Waals surface area contributed by atoms with E-state index in [4.69, 9.17) is 11.6 Å². The molecule has 1 amide bonds. The maximum atomic E-state index is 12.0. The molecule has 0 spiro atoms. The standard InChI is InChI=1S/C17H18ClNO/c1-13(10-11-14-6-3-2-4-7-14)19-17(20)15-8-5-9-16(18)12-15/h2-9,12-13H,10-11H2,1H3,(H,19,20)/t13-/m1/s1. The zero-order chi connectivity index (χ0) is 14.4. The largest absolute Gasteiger partial charge is 0.350 e. The normalized spacial score (nSPS) is 11.9. The predicted molar refractivity (Wildman–Crippen MR) is 83.1 cm³/mol. The quantitative estimate of drug-likeness (QED) is 0.882. The van der Waals surface area contributed by atoms with Gasteiger partial charge in [-0.15, -0.1) is 0 Å². The topological polar surface area (TPSA) is 29.1 Å². The van der Waals surface area contributed by atoms with Gasteiger partial charge in [0.2, 0.25) is 0 Å². The second-order valence-electron chi connectivity index (χ2n) is 4.91. The van der Waals surface area contributed by atoms with Crippen LogP contribution in [0.5, 0.6) is 0 Å². The smallest absolute Gasteiger partial charge is 0.251 e. The molecule has 2 aromatic carbocycles. The first-order chi connectivity index (χ1) is 9.65. The zero-order valence-electron chi connectivity index (χ0n) is 11.5. The lowest BCUT2D eigenvalue weighted by molar-refractivity contribution is 0.0938. The summed E-state index contributed by atoms with van der Waals surface area (Å²) in [5.41, 5.74) is 1.89. The van der Waals surface area contributed by atoms with Crippen LogP contribution in [0.1, 0.15) is 29.3 Å². The van der Waals surface area contributed by atoms with Gasteiger partial charge in [0.1, 0.15) is 0 Å². The van der Waals surface area contributed by atoms with E-state index in [1.54, 1.807) is 24.3 Å². The Balaban J connectivity index is 1.85. The highest BCUT2D eigenvalue weighted by Gasteiger charge is 2.10. The zero-order valence-corrected chi connectivity index (χ0v) is 12.2. The van der Waals surface area contributed by atoms with Crippen LogP contribution in [0, 0.1) is 0 Å². The Morgan fingerprint density at radius 1 is 1.15 bits per heavy atom. The van der Waals surface area contributed by atoms with Crippen molar-refractivity contribution in [2.24, 2.45) is 0 Å². The van der Waals surface area contributed by atoms with Crippen molar-refractivity contribution in [3.8, 4) is 0 Å². The predicted octanol–water partition coefficient (Wildman–Crippen LogP) is 4.09. The maximum Gasteiger partial charge on any atom is 0.251 e. The molecule has 0 aliphatic carbocycles. The highest BCUT2D eigenvalue weighted by molar-refractivity contribution is 6.30. The number of hydrogen-bond donors (Lipinski definition) is 1. The Hall–Kier alpha value is -1.80. The Morgan fingerprint density at radius 3 is 2.60 bits per heavy atom. The average Bonchev–Trinajstić information content (AvgIpc) is 2.46. The fraction of sp³-hybridized carbons (Fsp3) is 0.235. The van der Waals surface area contributed by atoms with E-state index in [2.05, 4.69) is 17.4 Å². The minimum Gasteiger partial charge on any atom is -0.350 e. The van der Waals surface area contributed by atoms with E-state index in [1.165, 1.54) is 5.56 Å². The fourth-order valence-electron chi connectivity index (χ4n) is 2.04. The van der Waals surface area contributed by atoms with Gasteiger partial charge in [-0.05, 0) is 43.5 Å². The van der Waals surface area contributed by atoms with Gasteiger partial charge in [-0.25, -0.2) is 0 Å². The summed E-state index contributed by atoms with van der Waals surface area (Å²) in [5, 5.41) is 3.57. The fourth-order valence-corrected chi connectivity index (χ4v) is 2.23. The summed E-state index contributed by atoms with van der Waals surface area (Å²) < 4.78 is 0. The maximum absolute atomic E-state index is 12.0. The molecule has 2 aromatic rings. The van der Waals surface area contributed by atoms with E-state index in [0.29, 0.717) is 10.6 Å². The number of aryl methyl sites for hydroxylation is 1. The molecule has 0 saturated heterocycles. The molecular weight excluding hydrogens is 270 g/mol. The second kappa shape index (κ2) is 7.11. The summed E-state index contributed by atoms with van der Waals surface area (Å²) in [6.45, 7) is 2.02. The van der Waals surface area contributed by atoms with Gasteiger partial charge in [0.25, 0.3) is 5.91 Å². The highest BCUT2D eigenvalue weighted by Crippen LogP contribution is 2.11. The molecule has 20 heavy (non-hydrogen) atoms. The van der Waals surface area contributed by atoms with Crippen molar-refractivity contribution >= 4 is 17.5 Å². The van der Waals surface area contributed by atoms with E-state index < -0.39 is 0 Å². The van der Waals surface area contributed by atoms with Crippen molar-refractivity contribution in [2.75, 3.05) is 0 Å². The molecule has 1 N–H and O–H groups in total. The number of halogens is 1. The van der Waals surface area contributed by atoms with Crippen molar-refractivity contribution in [1.29, 1.82) is 0 Å². The molecule has 0 unspecified atom stereocenters. The summed E-state index contributed by atoms with van der Waals surface area (Å²) in [6.07, 6.45) is 1.87. The van der Waals surface area contributed by atoms with Crippen molar-refractivity contribution in [3.63, 3.8) is 0 Å². The van der Waals surface area contributed by atoms with Crippen LogP contribution in [0.25, 0.3) is 0 Å². The molecule has 3 heteroatoms. The van der Waals surface area contributed by atoms with Crippen LogP contribution in [0.15, 0.2) is 54.6 Å². The Morgan fingerprint density at radius 2 is 1.90 bits per heavy atom. The monoisotopic (exact) mass is 287 g/mol. The SMILES string of the molecule is C[C@H](CCc1ccccc1)NC(=O)c1cccc(Cl)c1. The van der Waals surface area contributed by atoms with Crippen molar-refractivity contribution in [2.45, 2.75) is 25.8 Å². The molecule has 0 saturated carbocycles. The first kappa shape index (κ1) is 14.6. The molecule has 0 radical (unpaired) electrons. The molecular formula is C17H18ClNO. The lowest BCUT2D eigenvalue weighted by Crippen LogP contribution is -2.32. The third-order valence-electron chi connectivity index (χ3n) is 3.17. The van der Waals surface area contributed by atoms with E-state index >= 15 is 0 Å². The molecule has 2 rings (SSSR count). The Bertz CT molecular complexity index is 568. The minimum absolute atomic E-state index is 0.0759. The molecule has 0 bridgehead atoms. The first-order valence-electron chi connectivity index (χ1n) is 6.75.